The molecule has 0 amide bonds. The standard InChI is InChI=1S/C21H29Cl3O5/c1-21(2,13-3-5-17(6-4-13)28-12-16(27)10-25)14-7-18(23)20(19(24)8-14)29-11-15(26)9-22/h3,5,7-8,15-16,18,20,25-27H,4,6,9-12H2,1-2H3/t15-,16?,18?,20?/m1/s1. The lowest BCUT2D eigenvalue weighted by Crippen LogP contribution is -2.32. The van der Waals surface area contributed by atoms with Gasteiger partial charge in [-0.1, -0.05) is 43.2 Å². The Kier molecular flexibility index (Phi) is 9.55. The van der Waals surface area contributed by atoms with Gasteiger partial charge in [0, 0.05) is 16.9 Å². The minimum atomic E-state index is -0.876. The summed E-state index contributed by atoms with van der Waals surface area (Å²) in [6, 6.07) is 0. The Hall–Kier alpha value is -0.530. The first-order chi connectivity index (χ1) is 13.7. The maximum Gasteiger partial charge on any atom is 0.116 e. The molecule has 0 bridgehead atoms. The number of hydrogen-bond donors (Lipinski definition) is 3. The molecule has 0 saturated heterocycles. The molecule has 5 nitrogen and oxygen atoms in total. The van der Waals surface area contributed by atoms with Gasteiger partial charge in [0.05, 0.1) is 36.3 Å². The van der Waals surface area contributed by atoms with E-state index in [0.29, 0.717) is 11.5 Å². The summed E-state index contributed by atoms with van der Waals surface area (Å²) in [6.45, 7) is 4.05. The zero-order chi connectivity index (χ0) is 21.6. The highest BCUT2D eigenvalue weighted by Crippen LogP contribution is 2.44. The van der Waals surface area contributed by atoms with Crippen molar-refractivity contribution in [3.05, 3.63) is 46.2 Å². The van der Waals surface area contributed by atoms with Crippen LogP contribution in [0.3, 0.4) is 0 Å². The number of rotatable bonds is 10. The van der Waals surface area contributed by atoms with Crippen molar-refractivity contribution < 1.29 is 24.8 Å². The molecule has 3 N–H and O–H groups in total. The predicted molar refractivity (Wildman–Crippen MR) is 116 cm³/mol. The van der Waals surface area contributed by atoms with Gasteiger partial charge >= 0.3 is 0 Å². The third-order valence-electron chi connectivity index (χ3n) is 5.15. The fraction of sp³-hybridized carbons (Fsp3) is 0.619. The van der Waals surface area contributed by atoms with Gasteiger partial charge in [0.15, 0.2) is 0 Å². The average Bonchev–Trinajstić information content (AvgIpc) is 2.71. The molecule has 4 atom stereocenters. The molecule has 0 fully saturated rings. The molecule has 0 aliphatic heterocycles. The van der Waals surface area contributed by atoms with Gasteiger partial charge < -0.3 is 24.8 Å². The normalized spacial score (nSPS) is 24.8. The summed E-state index contributed by atoms with van der Waals surface area (Å²) in [6.07, 6.45) is 7.10. The first-order valence-corrected chi connectivity index (χ1v) is 10.9. The molecule has 8 heteroatoms. The van der Waals surface area contributed by atoms with Crippen LogP contribution in [0.5, 0.6) is 0 Å². The van der Waals surface area contributed by atoms with Gasteiger partial charge in [-0.3, -0.25) is 0 Å². The van der Waals surface area contributed by atoms with Crippen LogP contribution >= 0.6 is 34.8 Å². The Morgan fingerprint density at radius 1 is 1.17 bits per heavy atom. The fourth-order valence-corrected chi connectivity index (χ4v) is 4.02. The number of alkyl halides is 2. The zero-order valence-corrected chi connectivity index (χ0v) is 18.9. The number of halogens is 3. The van der Waals surface area contributed by atoms with E-state index in [2.05, 4.69) is 13.8 Å². The first kappa shape index (κ1) is 24.7. The monoisotopic (exact) mass is 466 g/mol. The van der Waals surface area contributed by atoms with E-state index >= 15 is 0 Å². The SMILES string of the molecule is CC(C)(C1=CC(Cl)C(OC[C@H](O)CCl)C(Cl)=C1)C1=CC=C(OCC(O)CO)CC1. The van der Waals surface area contributed by atoms with Crippen LogP contribution in [0.4, 0.5) is 0 Å². The maximum absolute atomic E-state index is 9.59. The Morgan fingerprint density at radius 2 is 1.90 bits per heavy atom. The predicted octanol–water partition coefficient (Wildman–Crippen LogP) is 3.64. The molecule has 2 rings (SSSR count). The summed E-state index contributed by atoms with van der Waals surface area (Å²) in [7, 11) is 0. The molecular formula is C21H29Cl3O5. The number of aliphatic hydroxyl groups excluding tert-OH is 3. The minimum Gasteiger partial charge on any atom is -0.495 e. The summed E-state index contributed by atoms with van der Waals surface area (Å²) in [5.41, 5.74) is 1.92. The Bertz CT molecular complexity index is 684. The number of ether oxygens (including phenoxy) is 2. The van der Waals surface area contributed by atoms with Crippen LogP contribution in [0.15, 0.2) is 46.2 Å². The van der Waals surface area contributed by atoms with Crippen molar-refractivity contribution in [1.82, 2.24) is 0 Å². The number of aliphatic hydroxyl groups is 3. The van der Waals surface area contributed by atoms with Gasteiger partial charge in [-0.2, -0.15) is 0 Å². The second-order valence-electron chi connectivity index (χ2n) is 7.76. The molecule has 29 heavy (non-hydrogen) atoms. The second-order valence-corrected chi connectivity index (χ2v) is 9.00. The second kappa shape index (κ2) is 11.2. The highest BCUT2D eigenvalue weighted by molar-refractivity contribution is 6.32. The van der Waals surface area contributed by atoms with Gasteiger partial charge in [-0.15, -0.1) is 23.2 Å². The van der Waals surface area contributed by atoms with Crippen molar-refractivity contribution in [2.24, 2.45) is 5.41 Å². The van der Waals surface area contributed by atoms with E-state index in [1.807, 2.05) is 24.3 Å². The van der Waals surface area contributed by atoms with E-state index in [1.54, 1.807) is 0 Å². The summed E-state index contributed by atoms with van der Waals surface area (Å²) in [4.78, 5) is 0. The third kappa shape index (κ3) is 6.73. The molecule has 2 aliphatic rings. The first-order valence-electron chi connectivity index (χ1n) is 9.60. The van der Waals surface area contributed by atoms with E-state index < -0.39 is 23.7 Å². The van der Waals surface area contributed by atoms with Gasteiger partial charge in [0.25, 0.3) is 0 Å². The van der Waals surface area contributed by atoms with Gasteiger partial charge in [-0.25, -0.2) is 0 Å². The molecule has 3 unspecified atom stereocenters. The zero-order valence-electron chi connectivity index (χ0n) is 16.7. The van der Waals surface area contributed by atoms with Gasteiger partial charge in [0.1, 0.15) is 18.8 Å². The Balaban J connectivity index is 2.07. The molecular weight excluding hydrogens is 439 g/mol. The molecule has 0 aromatic heterocycles. The van der Waals surface area contributed by atoms with Crippen molar-refractivity contribution in [1.29, 1.82) is 0 Å². The largest absolute Gasteiger partial charge is 0.495 e. The lowest BCUT2D eigenvalue weighted by Gasteiger charge is -2.35. The molecule has 2 aliphatic carbocycles. The molecule has 164 valence electrons. The van der Waals surface area contributed by atoms with Crippen LogP contribution in [0.2, 0.25) is 0 Å². The van der Waals surface area contributed by atoms with Crippen molar-refractivity contribution in [2.45, 2.75) is 50.4 Å². The highest BCUT2D eigenvalue weighted by Gasteiger charge is 2.34. The van der Waals surface area contributed by atoms with Crippen molar-refractivity contribution in [2.75, 3.05) is 25.7 Å². The number of hydrogen-bond acceptors (Lipinski definition) is 5. The van der Waals surface area contributed by atoms with Crippen LogP contribution in [-0.2, 0) is 9.47 Å². The van der Waals surface area contributed by atoms with Crippen molar-refractivity contribution in [3.8, 4) is 0 Å². The van der Waals surface area contributed by atoms with Crippen molar-refractivity contribution >= 4 is 34.8 Å². The third-order valence-corrected chi connectivity index (χ3v) is 6.18. The van der Waals surface area contributed by atoms with E-state index in [1.165, 1.54) is 5.57 Å². The van der Waals surface area contributed by atoms with Gasteiger partial charge in [0.2, 0.25) is 0 Å². The van der Waals surface area contributed by atoms with E-state index in [-0.39, 0.29) is 31.1 Å². The smallest absolute Gasteiger partial charge is 0.116 e. The van der Waals surface area contributed by atoms with Gasteiger partial charge in [-0.05, 0) is 24.1 Å². The molecule has 0 heterocycles. The van der Waals surface area contributed by atoms with Crippen LogP contribution < -0.4 is 0 Å². The van der Waals surface area contributed by atoms with E-state index in [9.17, 15) is 10.2 Å². The van der Waals surface area contributed by atoms with Crippen LogP contribution in [0, 0.1) is 5.41 Å². The highest BCUT2D eigenvalue weighted by atomic mass is 35.5. The summed E-state index contributed by atoms with van der Waals surface area (Å²) >= 11 is 18.6. The Labute approximate surface area is 187 Å². The number of allylic oxidation sites excluding steroid dienone is 6. The van der Waals surface area contributed by atoms with Crippen LogP contribution in [-0.4, -0.2) is 64.7 Å². The quantitative estimate of drug-likeness (QED) is 0.428. The average molecular weight is 468 g/mol. The van der Waals surface area contributed by atoms with Crippen LogP contribution in [0.25, 0.3) is 0 Å². The van der Waals surface area contributed by atoms with Crippen LogP contribution in [0.1, 0.15) is 26.7 Å². The summed E-state index contributed by atoms with van der Waals surface area (Å²) < 4.78 is 11.2. The molecule has 0 aromatic rings. The fourth-order valence-electron chi connectivity index (χ4n) is 3.21. The molecule has 0 saturated carbocycles. The molecule has 0 aromatic carbocycles. The van der Waals surface area contributed by atoms with E-state index in [0.717, 1.165) is 17.8 Å². The lowest BCUT2D eigenvalue weighted by atomic mass is 9.72. The summed E-state index contributed by atoms with van der Waals surface area (Å²) in [5, 5.41) is 27.9. The van der Waals surface area contributed by atoms with Crippen molar-refractivity contribution in [3.63, 3.8) is 0 Å². The molecule has 0 radical (unpaired) electrons. The van der Waals surface area contributed by atoms with E-state index in [4.69, 9.17) is 49.4 Å². The maximum atomic E-state index is 9.59. The lowest BCUT2D eigenvalue weighted by molar-refractivity contribution is 0.0189. The minimum absolute atomic E-state index is 0.0672. The summed E-state index contributed by atoms with van der Waals surface area (Å²) in [5.74, 6) is 0.867. The topological polar surface area (TPSA) is 79.2 Å². The molecule has 0 spiro atoms. The Morgan fingerprint density at radius 3 is 2.45 bits per heavy atom.